The van der Waals surface area contributed by atoms with Gasteiger partial charge in [-0.15, -0.1) is 0 Å². The van der Waals surface area contributed by atoms with Crippen LogP contribution in [0.3, 0.4) is 0 Å². The van der Waals surface area contributed by atoms with Gasteiger partial charge in [-0.05, 0) is 12.1 Å². The molecule has 126 valence electrons. The third-order valence-corrected chi connectivity index (χ3v) is 4.10. The molecule has 0 bridgehead atoms. The predicted molar refractivity (Wildman–Crippen MR) is 87.0 cm³/mol. The van der Waals surface area contributed by atoms with E-state index in [0.29, 0.717) is 13.1 Å². The summed E-state index contributed by atoms with van der Waals surface area (Å²) in [4.78, 5) is 15.8. The van der Waals surface area contributed by atoms with Crippen molar-refractivity contribution in [3.8, 4) is 5.75 Å². The zero-order valence-electron chi connectivity index (χ0n) is 13.3. The van der Waals surface area contributed by atoms with Crippen LogP contribution in [0.25, 0.3) is 0 Å². The van der Waals surface area contributed by atoms with Gasteiger partial charge in [0.1, 0.15) is 17.4 Å². The molecule has 0 aromatic heterocycles. The fourth-order valence-electron chi connectivity index (χ4n) is 2.81. The molecule has 1 saturated heterocycles. The Kier molecular flexibility index (Phi) is 4.76. The maximum atomic E-state index is 14.0. The van der Waals surface area contributed by atoms with Crippen LogP contribution in [0.5, 0.6) is 5.75 Å². The molecule has 1 aliphatic rings. The van der Waals surface area contributed by atoms with Gasteiger partial charge in [0.25, 0.3) is 0 Å². The Balaban J connectivity index is 1.70. The minimum atomic E-state index is -0.662. The Hall–Kier alpha value is -2.47. The number of carbonyl (C=O) groups excluding carboxylic acids is 1. The monoisotopic (exact) mass is 332 g/mol. The average Bonchev–Trinajstić information content (AvgIpc) is 2.58. The van der Waals surface area contributed by atoms with Gasteiger partial charge in [-0.2, -0.15) is 0 Å². The van der Waals surface area contributed by atoms with Crippen molar-refractivity contribution in [2.75, 3.05) is 31.6 Å². The number of hydrogen-bond acceptors (Lipinski definition) is 3. The zero-order chi connectivity index (χ0) is 17.1. The molecule has 1 amide bonds. The van der Waals surface area contributed by atoms with Crippen LogP contribution >= 0.6 is 0 Å². The van der Waals surface area contributed by atoms with Gasteiger partial charge in [0.2, 0.25) is 5.91 Å². The Morgan fingerprint density at radius 1 is 1.08 bits per heavy atom. The van der Waals surface area contributed by atoms with E-state index in [9.17, 15) is 13.6 Å². The molecule has 0 atom stereocenters. The molecule has 2 aromatic carbocycles. The molecule has 1 aliphatic heterocycles. The number of piperazine rings is 1. The number of amides is 1. The molecule has 2 aromatic rings. The van der Waals surface area contributed by atoms with E-state index < -0.39 is 11.6 Å². The molecule has 0 aliphatic carbocycles. The van der Waals surface area contributed by atoms with E-state index in [1.165, 1.54) is 7.11 Å². The van der Waals surface area contributed by atoms with Crippen LogP contribution in [0.15, 0.2) is 42.5 Å². The summed E-state index contributed by atoms with van der Waals surface area (Å²) >= 11 is 0. The standard InChI is InChI=1S/C18H18F2N2O2/c1-24-14-9-16(19)15(17(20)10-14)11-21-7-8-22(18(23)12-21)13-5-3-2-4-6-13/h2-6,9-10H,7-8,11-12H2,1H3. The van der Waals surface area contributed by atoms with E-state index in [4.69, 9.17) is 4.74 Å². The van der Waals surface area contributed by atoms with E-state index in [1.54, 1.807) is 9.80 Å². The smallest absolute Gasteiger partial charge is 0.241 e. The van der Waals surface area contributed by atoms with Gasteiger partial charge in [0.15, 0.2) is 0 Å². The van der Waals surface area contributed by atoms with Crippen LogP contribution in [0.4, 0.5) is 14.5 Å². The number of nitrogens with zero attached hydrogens (tertiary/aromatic N) is 2. The highest BCUT2D eigenvalue weighted by molar-refractivity contribution is 5.95. The van der Waals surface area contributed by atoms with E-state index in [1.807, 2.05) is 30.3 Å². The molecule has 0 radical (unpaired) electrons. The minimum Gasteiger partial charge on any atom is -0.497 e. The highest BCUT2D eigenvalue weighted by Gasteiger charge is 2.26. The molecular formula is C18H18F2N2O2. The van der Waals surface area contributed by atoms with Gasteiger partial charge in [0, 0.05) is 43.0 Å². The molecule has 1 heterocycles. The number of carbonyl (C=O) groups is 1. The first kappa shape index (κ1) is 16.4. The second kappa shape index (κ2) is 6.97. The maximum absolute atomic E-state index is 14.0. The number of anilines is 1. The normalized spacial score (nSPS) is 15.6. The number of methoxy groups -OCH3 is 1. The van der Waals surface area contributed by atoms with E-state index in [-0.39, 0.29) is 30.3 Å². The van der Waals surface area contributed by atoms with Crippen LogP contribution in [0.1, 0.15) is 5.56 Å². The molecule has 0 N–H and O–H groups in total. The summed E-state index contributed by atoms with van der Waals surface area (Å²) in [7, 11) is 1.36. The van der Waals surface area contributed by atoms with E-state index in [2.05, 4.69) is 0 Å². The molecule has 24 heavy (non-hydrogen) atoms. The van der Waals surface area contributed by atoms with Crippen molar-refractivity contribution >= 4 is 11.6 Å². The van der Waals surface area contributed by atoms with Crippen molar-refractivity contribution in [3.63, 3.8) is 0 Å². The van der Waals surface area contributed by atoms with Crippen molar-refractivity contribution in [2.45, 2.75) is 6.54 Å². The first-order valence-electron chi connectivity index (χ1n) is 7.68. The molecular weight excluding hydrogens is 314 g/mol. The third-order valence-electron chi connectivity index (χ3n) is 4.10. The fourth-order valence-corrected chi connectivity index (χ4v) is 2.81. The van der Waals surface area contributed by atoms with Crippen LogP contribution < -0.4 is 9.64 Å². The number of benzene rings is 2. The summed E-state index contributed by atoms with van der Waals surface area (Å²) < 4.78 is 32.9. The topological polar surface area (TPSA) is 32.8 Å². The Labute approximate surface area is 139 Å². The third kappa shape index (κ3) is 3.38. The lowest BCUT2D eigenvalue weighted by Gasteiger charge is -2.34. The van der Waals surface area contributed by atoms with Gasteiger partial charge in [-0.1, -0.05) is 18.2 Å². The molecule has 0 unspecified atom stereocenters. The van der Waals surface area contributed by atoms with Crippen LogP contribution in [-0.2, 0) is 11.3 Å². The van der Waals surface area contributed by atoms with Gasteiger partial charge in [0.05, 0.1) is 13.7 Å². The van der Waals surface area contributed by atoms with Crippen LogP contribution in [0, 0.1) is 11.6 Å². The summed E-state index contributed by atoms with van der Waals surface area (Å²) in [6, 6.07) is 11.7. The molecule has 4 nitrogen and oxygen atoms in total. The Bertz CT molecular complexity index is 714. The van der Waals surface area contributed by atoms with Crippen LogP contribution in [-0.4, -0.2) is 37.6 Å². The summed E-state index contributed by atoms with van der Waals surface area (Å²) in [5.74, 6) is -1.27. The highest BCUT2D eigenvalue weighted by atomic mass is 19.1. The summed E-state index contributed by atoms with van der Waals surface area (Å²) in [5, 5.41) is 0. The molecule has 3 rings (SSSR count). The van der Waals surface area contributed by atoms with Crippen molar-refractivity contribution in [3.05, 3.63) is 59.7 Å². The van der Waals surface area contributed by atoms with Crippen molar-refractivity contribution in [2.24, 2.45) is 0 Å². The Morgan fingerprint density at radius 3 is 2.33 bits per heavy atom. The lowest BCUT2D eigenvalue weighted by atomic mass is 10.1. The maximum Gasteiger partial charge on any atom is 0.241 e. The second-order valence-corrected chi connectivity index (χ2v) is 5.66. The molecule has 6 heteroatoms. The van der Waals surface area contributed by atoms with E-state index in [0.717, 1.165) is 17.8 Å². The first-order valence-corrected chi connectivity index (χ1v) is 7.68. The van der Waals surface area contributed by atoms with Gasteiger partial charge in [-0.3, -0.25) is 9.69 Å². The highest BCUT2D eigenvalue weighted by Crippen LogP contribution is 2.23. The average molecular weight is 332 g/mol. The zero-order valence-corrected chi connectivity index (χ0v) is 13.3. The summed E-state index contributed by atoms with van der Waals surface area (Å²) in [6.45, 7) is 1.21. The van der Waals surface area contributed by atoms with Gasteiger partial charge >= 0.3 is 0 Å². The van der Waals surface area contributed by atoms with Crippen molar-refractivity contribution in [1.29, 1.82) is 0 Å². The van der Waals surface area contributed by atoms with Crippen molar-refractivity contribution in [1.82, 2.24) is 4.90 Å². The van der Waals surface area contributed by atoms with Crippen molar-refractivity contribution < 1.29 is 18.3 Å². The van der Waals surface area contributed by atoms with Crippen LogP contribution in [0.2, 0.25) is 0 Å². The summed E-state index contributed by atoms with van der Waals surface area (Å²) in [6.07, 6.45) is 0. The van der Waals surface area contributed by atoms with Gasteiger partial charge in [-0.25, -0.2) is 8.78 Å². The largest absolute Gasteiger partial charge is 0.497 e. The van der Waals surface area contributed by atoms with Gasteiger partial charge < -0.3 is 9.64 Å². The number of halogens is 2. The SMILES string of the molecule is COc1cc(F)c(CN2CCN(c3ccccc3)C(=O)C2)c(F)c1. The quantitative estimate of drug-likeness (QED) is 0.863. The molecule has 0 spiro atoms. The fraction of sp³-hybridized carbons (Fsp3) is 0.278. The Morgan fingerprint density at radius 2 is 1.75 bits per heavy atom. The number of para-hydroxylation sites is 1. The predicted octanol–water partition coefficient (Wildman–Crippen LogP) is 2.82. The summed E-state index contributed by atoms with van der Waals surface area (Å²) in [5.41, 5.74) is 0.792. The number of hydrogen-bond donors (Lipinski definition) is 0. The van der Waals surface area contributed by atoms with E-state index >= 15 is 0 Å². The first-order chi connectivity index (χ1) is 11.6. The molecule has 1 fully saturated rings. The lowest BCUT2D eigenvalue weighted by molar-refractivity contribution is -0.121. The second-order valence-electron chi connectivity index (χ2n) is 5.66. The minimum absolute atomic E-state index is 0.0447. The number of rotatable bonds is 4. The molecule has 0 saturated carbocycles. The lowest BCUT2D eigenvalue weighted by Crippen LogP contribution is -2.50. The number of ether oxygens (including phenoxy) is 1.